The van der Waals surface area contributed by atoms with Crippen molar-refractivity contribution in [2.45, 2.75) is 64.0 Å². The third-order valence-corrected chi connectivity index (χ3v) is 4.26. The Balaban J connectivity index is 1.87. The van der Waals surface area contributed by atoms with Crippen LogP contribution in [0.5, 0.6) is 5.75 Å². The van der Waals surface area contributed by atoms with Crippen LogP contribution in [-0.2, 0) is 11.2 Å². The zero-order valence-corrected chi connectivity index (χ0v) is 14.9. The molecule has 1 fully saturated rings. The summed E-state index contributed by atoms with van der Waals surface area (Å²) in [7, 11) is 0. The fourth-order valence-electron chi connectivity index (χ4n) is 2.72. The molecule has 0 amide bonds. The Bertz CT molecular complexity index is 542. The molecule has 23 heavy (non-hydrogen) atoms. The van der Waals surface area contributed by atoms with Gasteiger partial charge in [-0.2, -0.15) is 12.6 Å². The second kappa shape index (κ2) is 8.15. The molecule has 5 heteroatoms. The smallest absolute Gasteiger partial charge is 0.135 e. The first-order valence-electron chi connectivity index (χ1n) is 8.26. The molecule has 1 aromatic carbocycles. The van der Waals surface area contributed by atoms with E-state index in [9.17, 15) is 9.18 Å². The number of rotatable bonds is 8. The van der Waals surface area contributed by atoms with Crippen molar-refractivity contribution in [1.29, 1.82) is 0 Å². The second-order valence-electron chi connectivity index (χ2n) is 6.67. The molecular formula is C18H26FNO2S. The Morgan fingerprint density at radius 1 is 1.35 bits per heavy atom. The van der Waals surface area contributed by atoms with Crippen molar-refractivity contribution in [1.82, 2.24) is 5.32 Å². The predicted octanol–water partition coefficient (Wildman–Crippen LogP) is 3.76. The highest BCUT2D eigenvalue weighted by atomic mass is 32.1. The summed E-state index contributed by atoms with van der Waals surface area (Å²) in [5, 5.41) is 3.50. The molecule has 1 aromatic rings. The van der Waals surface area contributed by atoms with Crippen molar-refractivity contribution in [3.8, 4) is 5.75 Å². The van der Waals surface area contributed by atoms with Gasteiger partial charge in [0.25, 0.3) is 0 Å². The molecule has 3 nitrogen and oxygen atoms in total. The zero-order chi connectivity index (χ0) is 17.0. The van der Waals surface area contributed by atoms with Crippen LogP contribution in [0.25, 0.3) is 0 Å². The number of Topliss-reactive ketones (excluding diaryl/α,β-unsaturated/α-hetero) is 1. The highest BCUT2D eigenvalue weighted by molar-refractivity contribution is 7.80. The molecular weight excluding hydrogens is 313 g/mol. The molecule has 0 aromatic heterocycles. The van der Waals surface area contributed by atoms with Crippen LogP contribution in [0.4, 0.5) is 4.39 Å². The van der Waals surface area contributed by atoms with Gasteiger partial charge in [0.05, 0.1) is 0 Å². The van der Waals surface area contributed by atoms with Crippen LogP contribution in [0.3, 0.4) is 0 Å². The Morgan fingerprint density at radius 3 is 2.65 bits per heavy atom. The fourth-order valence-corrected chi connectivity index (χ4v) is 2.93. The largest absolute Gasteiger partial charge is 0.490 e. The van der Waals surface area contributed by atoms with Gasteiger partial charge >= 0.3 is 0 Å². The van der Waals surface area contributed by atoms with Crippen LogP contribution in [0.2, 0.25) is 0 Å². The van der Waals surface area contributed by atoms with Crippen LogP contribution in [0.1, 0.15) is 45.6 Å². The minimum absolute atomic E-state index is 0.0212. The summed E-state index contributed by atoms with van der Waals surface area (Å²) in [6.45, 7) is 5.76. The van der Waals surface area contributed by atoms with Crippen LogP contribution in [-0.4, -0.2) is 23.3 Å². The number of ketones is 1. The Morgan fingerprint density at radius 2 is 2.04 bits per heavy atom. The van der Waals surface area contributed by atoms with Gasteiger partial charge in [0.15, 0.2) is 0 Å². The highest BCUT2D eigenvalue weighted by Gasteiger charge is 2.31. The maximum atomic E-state index is 13.7. The Labute approximate surface area is 143 Å². The predicted molar refractivity (Wildman–Crippen MR) is 93.6 cm³/mol. The van der Waals surface area contributed by atoms with E-state index in [4.69, 9.17) is 4.74 Å². The number of carbonyl (C=O) groups excluding carboxylic acids is 1. The third-order valence-electron chi connectivity index (χ3n) is 4.11. The summed E-state index contributed by atoms with van der Waals surface area (Å²) < 4.78 is 19.6. The molecule has 0 radical (unpaired) electrons. The minimum atomic E-state index is -0.313. The van der Waals surface area contributed by atoms with E-state index in [0.717, 1.165) is 18.4 Å². The monoisotopic (exact) mass is 339 g/mol. The number of thiol groups is 1. The summed E-state index contributed by atoms with van der Waals surface area (Å²) in [5.41, 5.74) is 0.812. The molecule has 1 aliphatic rings. The van der Waals surface area contributed by atoms with Crippen molar-refractivity contribution in [2.24, 2.45) is 5.92 Å². The van der Waals surface area contributed by atoms with Gasteiger partial charge in [0, 0.05) is 29.8 Å². The summed E-state index contributed by atoms with van der Waals surface area (Å²) in [4.78, 5) is 11.7. The Kier molecular flexibility index (Phi) is 6.48. The van der Waals surface area contributed by atoms with Gasteiger partial charge in [-0.25, -0.2) is 4.39 Å². The van der Waals surface area contributed by atoms with Crippen molar-refractivity contribution < 1.29 is 13.9 Å². The van der Waals surface area contributed by atoms with Gasteiger partial charge in [-0.3, -0.25) is 4.79 Å². The highest BCUT2D eigenvalue weighted by Crippen LogP contribution is 2.28. The summed E-state index contributed by atoms with van der Waals surface area (Å²) in [6.07, 6.45) is 2.92. The van der Waals surface area contributed by atoms with E-state index in [1.165, 1.54) is 12.1 Å². The van der Waals surface area contributed by atoms with E-state index < -0.39 is 0 Å². The van der Waals surface area contributed by atoms with Gasteiger partial charge in [0.1, 0.15) is 23.5 Å². The second-order valence-corrected chi connectivity index (χ2v) is 7.44. The quantitative estimate of drug-likeness (QED) is 0.559. The molecule has 1 unspecified atom stereocenters. The maximum absolute atomic E-state index is 13.7. The van der Waals surface area contributed by atoms with Gasteiger partial charge < -0.3 is 10.1 Å². The number of nitrogens with one attached hydrogen (secondary N) is 1. The van der Waals surface area contributed by atoms with E-state index in [2.05, 4.69) is 17.9 Å². The number of hydrogen-bond donors (Lipinski definition) is 2. The first-order valence-corrected chi connectivity index (χ1v) is 8.78. The molecule has 2 rings (SSSR count). The summed E-state index contributed by atoms with van der Waals surface area (Å²) in [6, 6.07) is 5.16. The van der Waals surface area contributed by atoms with Crippen LogP contribution in [0, 0.1) is 11.7 Å². The van der Waals surface area contributed by atoms with E-state index in [-0.39, 0.29) is 29.0 Å². The number of carbonyl (C=O) groups is 1. The third kappa shape index (κ3) is 5.81. The molecule has 1 atom stereocenters. The van der Waals surface area contributed by atoms with Gasteiger partial charge in [0.2, 0.25) is 0 Å². The lowest BCUT2D eigenvalue weighted by Gasteiger charge is -2.37. The normalized spacial score (nSPS) is 21.8. The number of ether oxygens (including phenoxy) is 1. The van der Waals surface area contributed by atoms with Crippen molar-refractivity contribution in [2.75, 3.05) is 0 Å². The van der Waals surface area contributed by atoms with Gasteiger partial charge in [-0.15, -0.1) is 0 Å². The molecule has 0 spiro atoms. The maximum Gasteiger partial charge on any atom is 0.135 e. The molecule has 0 heterocycles. The van der Waals surface area contributed by atoms with E-state index in [1.807, 2.05) is 26.8 Å². The average Bonchev–Trinajstić information content (AvgIpc) is 2.41. The van der Waals surface area contributed by atoms with Gasteiger partial charge in [-0.05, 0) is 43.9 Å². The first kappa shape index (κ1) is 18.3. The van der Waals surface area contributed by atoms with Crippen LogP contribution >= 0.6 is 12.6 Å². The molecule has 1 N–H and O–H groups in total. The molecule has 1 aliphatic carbocycles. The first-order chi connectivity index (χ1) is 10.8. The van der Waals surface area contributed by atoms with Crippen LogP contribution in [0.15, 0.2) is 18.2 Å². The lowest BCUT2D eigenvalue weighted by atomic mass is 9.89. The summed E-state index contributed by atoms with van der Waals surface area (Å²) >= 11 is 4.31. The zero-order valence-electron chi connectivity index (χ0n) is 14.0. The topological polar surface area (TPSA) is 38.3 Å². The number of aryl methyl sites for hydroxylation is 1. The number of benzene rings is 1. The number of halogens is 1. The van der Waals surface area contributed by atoms with Crippen molar-refractivity contribution in [3.05, 3.63) is 29.6 Å². The molecule has 1 saturated carbocycles. The standard InChI is InChI=1S/C18H26FNO2S/c1-11(2)18(21)5-4-13-6-14(19)8-16(7-13)22-17-9-15(10-17)20-12(3)23/h6-8,11-12,15,17,20,23H,4-5,9-10H2,1-3H3. The lowest BCUT2D eigenvalue weighted by molar-refractivity contribution is -0.121. The number of hydrogen-bond acceptors (Lipinski definition) is 4. The van der Waals surface area contributed by atoms with Crippen LogP contribution < -0.4 is 10.1 Å². The van der Waals surface area contributed by atoms with E-state index in [0.29, 0.717) is 24.6 Å². The molecule has 0 bridgehead atoms. The molecule has 0 aliphatic heterocycles. The van der Waals surface area contributed by atoms with Crippen molar-refractivity contribution in [3.63, 3.8) is 0 Å². The van der Waals surface area contributed by atoms with Gasteiger partial charge in [-0.1, -0.05) is 13.8 Å². The van der Waals surface area contributed by atoms with E-state index >= 15 is 0 Å². The fraction of sp³-hybridized carbons (Fsp3) is 0.611. The molecule has 128 valence electrons. The molecule has 0 saturated heterocycles. The van der Waals surface area contributed by atoms with E-state index in [1.54, 1.807) is 0 Å². The SMILES string of the molecule is CC(S)NC1CC(Oc2cc(F)cc(CCC(=O)C(C)C)c2)C1. The average molecular weight is 339 g/mol. The minimum Gasteiger partial charge on any atom is -0.490 e. The Hall–Kier alpha value is -1.07. The lowest BCUT2D eigenvalue weighted by Crippen LogP contribution is -2.48. The van der Waals surface area contributed by atoms with Crippen molar-refractivity contribution >= 4 is 18.4 Å². The summed E-state index contributed by atoms with van der Waals surface area (Å²) in [5.74, 6) is 0.463.